The van der Waals surface area contributed by atoms with E-state index in [1.54, 1.807) is 18.1 Å². The Balaban J connectivity index is 2.58. The Hall–Kier alpha value is -0.630. The van der Waals surface area contributed by atoms with Gasteiger partial charge in [0.2, 0.25) is 0 Å². The zero-order valence-electron chi connectivity index (χ0n) is 5.16. The molecule has 0 aliphatic carbocycles. The van der Waals surface area contributed by atoms with Gasteiger partial charge in [-0.1, -0.05) is 12.7 Å². The first-order valence-electron chi connectivity index (χ1n) is 2.75. The van der Waals surface area contributed by atoms with Gasteiger partial charge in [-0.3, -0.25) is 0 Å². The highest BCUT2D eigenvalue weighted by Crippen LogP contribution is 2.24. The van der Waals surface area contributed by atoms with E-state index in [1.807, 2.05) is 15.8 Å². The second kappa shape index (κ2) is 2.78. The Morgan fingerprint density at radius 3 is 2.78 bits per heavy atom. The predicted octanol–water partition coefficient (Wildman–Crippen LogP) is 2.16. The molecule has 0 aromatic rings. The number of hydrogen-bond acceptors (Lipinski definition) is 2. The van der Waals surface area contributed by atoms with Crippen LogP contribution in [0, 0.1) is 0 Å². The van der Waals surface area contributed by atoms with Crippen LogP contribution in [0.25, 0.3) is 0 Å². The van der Waals surface area contributed by atoms with Crippen LogP contribution in [0.3, 0.4) is 0 Å². The van der Waals surface area contributed by atoms with Gasteiger partial charge in [-0.05, 0) is 23.4 Å². The van der Waals surface area contributed by atoms with E-state index < -0.39 is 0 Å². The summed E-state index contributed by atoms with van der Waals surface area (Å²) >= 11 is 1.64. The van der Waals surface area contributed by atoms with Gasteiger partial charge in [0.1, 0.15) is 0 Å². The highest BCUT2D eigenvalue weighted by Gasteiger charge is 2.11. The van der Waals surface area contributed by atoms with E-state index in [2.05, 4.69) is 19.2 Å². The van der Waals surface area contributed by atoms with Crippen molar-refractivity contribution in [1.82, 2.24) is 4.31 Å². The van der Waals surface area contributed by atoms with E-state index in [0.29, 0.717) is 6.04 Å². The molecule has 0 aromatic heterocycles. The lowest BCUT2D eigenvalue weighted by atomic mass is 10.3. The summed E-state index contributed by atoms with van der Waals surface area (Å²) in [5.74, 6) is 0. The summed E-state index contributed by atoms with van der Waals surface area (Å²) in [5, 5.41) is 2.04. The van der Waals surface area contributed by atoms with Crippen molar-refractivity contribution < 1.29 is 0 Å². The molecule has 1 heterocycles. The van der Waals surface area contributed by atoms with Crippen molar-refractivity contribution in [3.05, 3.63) is 36.9 Å². The van der Waals surface area contributed by atoms with Crippen molar-refractivity contribution in [2.75, 3.05) is 0 Å². The Morgan fingerprint density at radius 2 is 2.33 bits per heavy atom. The van der Waals surface area contributed by atoms with Gasteiger partial charge in [0.15, 0.2) is 0 Å². The molecule has 1 atom stereocenters. The van der Waals surface area contributed by atoms with E-state index in [4.69, 9.17) is 0 Å². The zero-order chi connectivity index (χ0) is 6.69. The van der Waals surface area contributed by atoms with Crippen LogP contribution in [0.4, 0.5) is 0 Å². The maximum atomic E-state index is 3.69. The quantitative estimate of drug-likeness (QED) is 0.426. The highest BCUT2D eigenvalue weighted by molar-refractivity contribution is 8.00. The summed E-state index contributed by atoms with van der Waals surface area (Å²) in [7, 11) is 0. The fourth-order valence-electron chi connectivity index (χ4n) is 0.688. The largest absolute Gasteiger partial charge is 0.309 e. The van der Waals surface area contributed by atoms with Crippen LogP contribution < -0.4 is 0 Å². The van der Waals surface area contributed by atoms with Gasteiger partial charge >= 0.3 is 0 Å². The van der Waals surface area contributed by atoms with E-state index in [0.717, 1.165) is 0 Å². The van der Waals surface area contributed by atoms with Gasteiger partial charge in [0, 0.05) is 6.20 Å². The van der Waals surface area contributed by atoms with Crippen LogP contribution in [0.5, 0.6) is 0 Å². The molecule has 1 unspecified atom stereocenters. The molecule has 0 spiro atoms. The molecule has 0 fully saturated rings. The lowest BCUT2D eigenvalue weighted by molar-refractivity contribution is 0.616. The summed E-state index contributed by atoms with van der Waals surface area (Å²) in [6.07, 6.45) is 5.77. The molecule has 1 nitrogen and oxygen atoms in total. The average Bonchev–Trinajstić information content (AvgIpc) is 2.33. The van der Waals surface area contributed by atoms with Crippen LogP contribution in [0.15, 0.2) is 36.9 Å². The second-order valence-corrected chi connectivity index (χ2v) is 2.61. The monoisotopic (exact) mass is 139 g/mol. The molecular weight excluding hydrogens is 130 g/mol. The molecule has 0 radical (unpaired) electrons. The number of nitrogens with zero attached hydrogens (tertiary/aromatic N) is 1. The first kappa shape index (κ1) is 6.49. The van der Waals surface area contributed by atoms with Crippen molar-refractivity contribution in [2.24, 2.45) is 0 Å². The van der Waals surface area contributed by atoms with Gasteiger partial charge in [-0.2, -0.15) is 0 Å². The average molecular weight is 139 g/mol. The minimum Gasteiger partial charge on any atom is -0.309 e. The molecule has 0 aromatic carbocycles. The van der Waals surface area contributed by atoms with Crippen LogP contribution in [0.1, 0.15) is 0 Å². The van der Waals surface area contributed by atoms with Crippen molar-refractivity contribution >= 4 is 11.9 Å². The normalized spacial score (nSPS) is 24.4. The lowest BCUT2D eigenvalue weighted by Gasteiger charge is -2.15. The third-order valence-corrected chi connectivity index (χ3v) is 2.09. The molecule has 1 aliphatic heterocycles. The van der Waals surface area contributed by atoms with Gasteiger partial charge in [-0.15, -0.1) is 6.58 Å². The first-order chi connectivity index (χ1) is 4.38. The Labute approximate surface area is 59.9 Å². The SMILES string of the molecule is C=CC1C=CSN1C=C. The van der Waals surface area contributed by atoms with Crippen LogP contribution in [-0.2, 0) is 0 Å². The van der Waals surface area contributed by atoms with Gasteiger partial charge < -0.3 is 4.31 Å². The molecule has 0 saturated heterocycles. The maximum absolute atomic E-state index is 3.69. The smallest absolute Gasteiger partial charge is 0.0769 e. The third-order valence-electron chi connectivity index (χ3n) is 1.17. The molecule has 2 heteroatoms. The fraction of sp³-hybridized carbons (Fsp3) is 0.143. The molecule has 0 amide bonds. The molecule has 1 aliphatic rings. The molecular formula is C7H9NS. The number of hydrogen-bond donors (Lipinski definition) is 0. The topological polar surface area (TPSA) is 3.24 Å². The predicted molar refractivity (Wildman–Crippen MR) is 42.8 cm³/mol. The van der Waals surface area contributed by atoms with Gasteiger partial charge in [0.05, 0.1) is 6.04 Å². The highest BCUT2D eigenvalue weighted by atomic mass is 32.2. The Kier molecular flexibility index (Phi) is 2.01. The minimum absolute atomic E-state index is 0.340. The third kappa shape index (κ3) is 1.19. The van der Waals surface area contributed by atoms with Gasteiger partial charge in [-0.25, -0.2) is 0 Å². The summed E-state index contributed by atoms with van der Waals surface area (Å²) in [6.45, 7) is 7.35. The fourth-order valence-corrected chi connectivity index (χ4v) is 1.44. The summed E-state index contributed by atoms with van der Waals surface area (Å²) < 4.78 is 2.03. The Morgan fingerprint density at radius 1 is 1.56 bits per heavy atom. The van der Waals surface area contributed by atoms with Crippen molar-refractivity contribution in [2.45, 2.75) is 6.04 Å². The molecule has 0 N–H and O–H groups in total. The molecule has 0 saturated carbocycles. The number of rotatable bonds is 2. The molecule has 48 valence electrons. The van der Waals surface area contributed by atoms with Crippen LogP contribution >= 0.6 is 11.9 Å². The maximum Gasteiger partial charge on any atom is 0.0769 e. The summed E-state index contributed by atoms with van der Waals surface area (Å²) in [5.41, 5.74) is 0. The van der Waals surface area contributed by atoms with Crippen LogP contribution in [0.2, 0.25) is 0 Å². The minimum atomic E-state index is 0.340. The van der Waals surface area contributed by atoms with Crippen LogP contribution in [-0.4, -0.2) is 10.3 Å². The zero-order valence-corrected chi connectivity index (χ0v) is 5.97. The van der Waals surface area contributed by atoms with Crippen molar-refractivity contribution in [1.29, 1.82) is 0 Å². The van der Waals surface area contributed by atoms with E-state index in [1.165, 1.54) is 0 Å². The summed E-state index contributed by atoms with van der Waals surface area (Å²) in [4.78, 5) is 0. The molecule has 0 bridgehead atoms. The van der Waals surface area contributed by atoms with Gasteiger partial charge in [0.25, 0.3) is 0 Å². The van der Waals surface area contributed by atoms with E-state index >= 15 is 0 Å². The van der Waals surface area contributed by atoms with E-state index in [9.17, 15) is 0 Å². The van der Waals surface area contributed by atoms with Crippen molar-refractivity contribution in [3.63, 3.8) is 0 Å². The second-order valence-electron chi connectivity index (χ2n) is 1.70. The summed E-state index contributed by atoms with van der Waals surface area (Å²) in [6, 6.07) is 0.340. The van der Waals surface area contributed by atoms with E-state index in [-0.39, 0.29) is 0 Å². The Bertz CT molecular complexity index is 151. The first-order valence-corrected chi connectivity index (χ1v) is 3.59. The molecule has 9 heavy (non-hydrogen) atoms. The standard InChI is InChI=1S/C7H9NS/c1-3-7-5-6-9-8(7)4-2/h3-7H,1-2H2. The molecule has 1 rings (SSSR count). The van der Waals surface area contributed by atoms with Crippen molar-refractivity contribution in [3.8, 4) is 0 Å². The lowest BCUT2D eigenvalue weighted by Crippen LogP contribution is -2.14.